The van der Waals surface area contributed by atoms with Crippen molar-refractivity contribution in [3.8, 4) is 0 Å². The van der Waals surface area contributed by atoms with Crippen molar-refractivity contribution in [3.05, 3.63) is 33.2 Å². The van der Waals surface area contributed by atoms with Crippen LogP contribution in [0.25, 0.3) is 0 Å². The average molecular weight is 371 g/mol. The monoisotopic (exact) mass is 370 g/mol. The van der Waals surface area contributed by atoms with E-state index in [9.17, 15) is 19.3 Å². The van der Waals surface area contributed by atoms with Crippen LogP contribution in [-0.4, -0.2) is 41.8 Å². The fraction of sp³-hybridized carbons (Fsp3) is 0.231. The molecule has 2 aliphatic rings. The van der Waals surface area contributed by atoms with Gasteiger partial charge in [0.2, 0.25) is 5.91 Å². The number of rotatable bonds is 3. The zero-order valence-corrected chi connectivity index (χ0v) is 13.5. The van der Waals surface area contributed by atoms with Crippen molar-refractivity contribution in [1.82, 2.24) is 5.12 Å². The summed E-state index contributed by atoms with van der Waals surface area (Å²) in [6.07, 6.45) is 0. The fourth-order valence-electron chi connectivity index (χ4n) is 2.66. The largest absolute Gasteiger partial charge is 0.464 e. The molecule has 0 saturated carbocycles. The Bertz CT molecular complexity index is 791. The van der Waals surface area contributed by atoms with Crippen molar-refractivity contribution in [1.29, 1.82) is 0 Å². The lowest BCUT2D eigenvalue weighted by atomic mass is 9.98. The van der Waals surface area contributed by atoms with E-state index in [0.29, 0.717) is 5.12 Å². The first-order valence-electron chi connectivity index (χ1n) is 6.52. The number of benzene rings is 1. The second-order valence-corrected chi connectivity index (χ2v) is 5.81. The van der Waals surface area contributed by atoms with E-state index in [0.717, 1.165) is 12.0 Å². The summed E-state index contributed by atoms with van der Waals surface area (Å²) in [5.41, 5.74) is -0.247. The van der Waals surface area contributed by atoms with Gasteiger partial charge in [-0.25, -0.2) is 9.69 Å². The van der Waals surface area contributed by atoms with Crippen LogP contribution in [0.4, 0.5) is 5.69 Å². The van der Waals surface area contributed by atoms with Gasteiger partial charge in [-0.15, -0.1) is 15.1 Å². The molecule has 24 heavy (non-hydrogen) atoms. The SMILES string of the molecule is COC(=O)C1=NN(N=O)[C@@H]2C(=O)N(c3cc(Cl)cc(Cl)c3)C(=O)[C@@H]12. The zero-order valence-electron chi connectivity index (χ0n) is 12.0. The number of imide groups is 1. The Morgan fingerprint density at radius 1 is 1.21 bits per heavy atom. The van der Waals surface area contributed by atoms with Gasteiger partial charge in [0.1, 0.15) is 5.92 Å². The number of hydrogen-bond donors (Lipinski definition) is 0. The van der Waals surface area contributed by atoms with Crippen molar-refractivity contribution in [2.75, 3.05) is 12.0 Å². The summed E-state index contributed by atoms with van der Waals surface area (Å²) in [5.74, 6) is -3.74. The highest BCUT2D eigenvalue weighted by molar-refractivity contribution is 6.46. The number of carbonyl (C=O) groups excluding carboxylic acids is 3. The maximum atomic E-state index is 12.7. The van der Waals surface area contributed by atoms with Crippen LogP contribution in [0, 0.1) is 10.8 Å². The Morgan fingerprint density at radius 2 is 1.83 bits per heavy atom. The van der Waals surface area contributed by atoms with Gasteiger partial charge in [0, 0.05) is 10.0 Å². The quantitative estimate of drug-likeness (QED) is 0.451. The van der Waals surface area contributed by atoms with Crippen LogP contribution in [0.15, 0.2) is 28.6 Å². The summed E-state index contributed by atoms with van der Waals surface area (Å²) in [5, 5.41) is 7.09. The highest BCUT2D eigenvalue weighted by Gasteiger charge is 2.59. The Balaban J connectivity index is 2.07. The van der Waals surface area contributed by atoms with Gasteiger partial charge in [-0.2, -0.15) is 0 Å². The van der Waals surface area contributed by atoms with Crippen LogP contribution < -0.4 is 4.90 Å². The Labute approximate surface area is 144 Å². The van der Waals surface area contributed by atoms with E-state index in [-0.39, 0.29) is 21.4 Å². The van der Waals surface area contributed by atoms with E-state index in [1.165, 1.54) is 18.2 Å². The Morgan fingerprint density at radius 3 is 2.38 bits per heavy atom. The van der Waals surface area contributed by atoms with E-state index in [2.05, 4.69) is 15.1 Å². The number of esters is 1. The molecular formula is C13H8Cl2N4O5. The molecule has 11 heteroatoms. The van der Waals surface area contributed by atoms with Gasteiger partial charge >= 0.3 is 5.97 Å². The number of amides is 2. The summed E-state index contributed by atoms with van der Waals surface area (Å²) in [6.45, 7) is 0. The molecule has 2 aliphatic heterocycles. The molecule has 1 aromatic carbocycles. The molecule has 124 valence electrons. The molecule has 0 aliphatic carbocycles. The van der Waals surface area contributed by atoms with E-state index in [4.69, 9.17) is 23.2 Å². The van der Waals surface area contributed by atoms with Gasteiger partial charge in [0.05, 0.1) is 18.1 Å². The molecule has 0 unspecified atom stereocenters. The molecule has 0 radical (unpaired) electrons. The molecule has 0 bridgehead atoms. The van der Waals surface area contributed by atoms with Crippen LogP contribution in [0.2, 0.25) is 10.0 Å². The van der Waals surface area contributed by atoms with Crippen LogP contribution in [-0.2, 0) is 19.1 Å². The normalized spacial score (nSPS) is 22.5. The summed E-state index contributed by atoms with van der Waals surface area (Å²) in [7, 11) is 1.09. The zero-order chi connectivity index (χ0) is 17.6. The third kappa shape index (κ3) is 2.33. The van der Waals surface area contributed by atoms with Crippen molar-refractivity contribution >= 4 is 52.4 Å². The van der Waals surface area contributed by atoms with Gasteiger partial charge < -0.3 is 4.74 Å². The van der Waals surface area contributed by atoms with Crippen molar-refractivity contribution in [3.63, 3.8) is 0 Å². The first-order valence-corrected chi connectivity index (χ1v) is 7.28. The average Bonchev–Trinajstić information content (AvgIpc) is 3.03. The molecule has 0 N–H and O–H groups in total. The summed E-state index contributed by atoms with van der Waals surface area (Å²) < 4.78 is 4.53. The third-order valence-corrected chi connectivity index (χ3v) is 4.05. The lowest BCUT2D eigenvalue weighted by molar-refractivity contribution is -0.133. The maximum absolute atomic E-state index is 12.7. The number of carbonyl (C=O) groups is 3. The van der Waals surface area contributed by atoms with E-state index >= 15 is 0 Å². The Kier molecular flexibility index (Phi) is 3.98. The highest BCUT2D eigenvalue weighted by atomic mass is 35.5. The lowest BCUT2D eigenvalue weighted by Gasteiger charge is -2.17. The number of hydrogen-bond acceptors (Lipinski definition) is 7. The molecule has 3 rings (SSSR count). The number of anilines is 1. The van der Waals surface area contributed by atoms with E-state index < -0.39 is 29.7 Å². The smallest absolute Gasteiger partial charge is 0.355 e. The molecule has 0 aromatic heterocycles. The van der Waals surface area contributed by atoms with Crippen LogP contribution in [0.1, 0.15) is 0 Å². The van der Waals surface area contributed by atoms with E-state index in [1.807, 2.05) is 0 Å². The van der Waals surface area contributed by atoms with Crippen molar-refractivity contribution < 1.29 is 19.1 Å². The number of halogens is 2. The number of fused-ring (bicyclic) bond motifs is 1. The number of ether oxygens (including phenoxy) is 1. The second-order valence-electron chi connectivity index (χ2n) is 4.94. The van der Waals surface area contributed by atoms with Gasteiger partial charge in [0.15, 0.2) is 11.8 Å². The molecule has 9 nitrogen and oxygen atoms in total. The second kappa shape index (κ2) is 5.84. The summed E-state index contributed by atoms with van der Waals surface area (Å²) >= 11 is 11.8. The number of hydrazone groups is 1. The van der Waals surface area contributed by atoms with Crippen LogP contribution >= 0.6 is 23.2 Å². The van der Waals surface area contributed by atoms with Gasteiger partial charge in [0.25, 0.3) is 5.91 Å². The topological polar surface area (TPSA) is 109 Å². The number of methoxy groups -OCH3 is 1. The first-order chi connectivity index (χ1) is 11.4. The minimum atomic E-state index is -1.35. The molecular weight excluding hydrogens is 363 g/mol. The molecule has 2 amide bonds. The molecule has 0 spiro atoms. The predicted octanol–water partition coefficient (Wildman–Crippen LogP) is 1.38. The standard InChI is InChI=1S/C13H8Cl2N4O5/c1-24-13(22)9-8-10(19(16-9)17-23)12(21)18(11(8)20)7-3-5(14)2-6(15)4-7/h2-4,8,10H,1H3/t8-,10-/m0/s1. The number of nitrogens with zero attached hydrogens (tertiary/aromatic N) is 4. The summed E-state index contributed by atoms with van der Waals surface area (Å²) in [6, 6.07) is 2.80. The third-order valence-electron chi connectivity index (χ3n) is 3.61. The fourth-order valence-corrected chi connectivity index (χ4v) is 3.17. The summed E-state index contributed by atoms with van der Waals surface area (Å²) in [4.78, 5) is 48.7. The first kappa shape index (κ1) is 16.3. The van der Waals surface area contributed by atoms with Gasteiger partial charge in [-0.3, -0.25) is 9.59 Å². The molecule has 1 saturated heterocycles. The predicted molar refractivity (Wildman–Crippen MR) is 83.3 cm³/mol. The van der Waals surface area contributed by atoms with Gasteiger partial charge in [-0.05, 0) is 18.2 Å². The van der Waals surface area contributed by atoms with E-state index in [1.54, 1.807) is 0 Å². The van der Waals surface area contributed by atoms with Crippen LogP contribution in [0.3, 0.4) is 0 Å². The number of nitroso groups, excluding NO2 is 1. The molecule has 2 atom stereocenters. The minimum absolute atomic E-state index is 0.118. The lowest BCUT2D eigenvalue weighted by Crippen LogP contribution is -2.36. The van der Waals surface area contributed by atoms with Gasteiger partial charge in [-0.1, -0.05) is 23.2 Å². The highest BCUT2D eigenvalue weighted by Crippen LogP contribution is 2.37. The maximum Gasteiger partial charge on any atom is 0.355 e. The molecule has 2 heterocycles. The molecule has 1 aromatic rings. The van der Waals surface area contributed by atoms with Crippen molar-refractivity contribution in [2.24, 2.45) is 16.3 Å². The van der Waals surface area contributed by atoms with Crippen molar-refractivity contribution in [2.45, 2.75) is 6.04 Å². The van der Waals surface area contributed by atoms with Crippen LogP contribution in [0.5, 0.6) is 0 Å². The Hall–Kier alpha value is -2.52. The molecule has 1 fully saturated rings. The minimum Gasteiger partial charge on any atom is -0.464 e.